The molecule has 1 aromatic heterocycles. The first-order valence-electron chi connectivity index (χ1n) is 7.72. The Bertz CT molecular complexity index is 809. The maximum Gasteiger partial charge on any atom is 0.313 e. The van der Waals surface area contributed by atoms with Crippen molar-refractivity contribution in [3.63, 3.8) is 0 Å². The number of nitrogens with one attached hydrogen (secondary N) is 1. The van der Waals surface area contributed by atoms with E-state index in [1.165, 1.54) is 24.2 Å². The van der Waals surface area contributed by atoms with Gasteiger partial charge in [0.25, 0.3) is 5.91 Å². The standard InChI is InChI=1S/C18H19N3O4S/c1-12(20-21-18(24)13-5-7-19-8-6-13)14-3-4-16(25-2)15(9-14)10-26-11-17(22)23/h3-9H,10-11H2,1-2H3,(H,21,24)(H,22,23)/b20-12-. The fraction of sp³-hybridized carbons (Fsp3) is 0.222. The quantitative estimate of drug-likeness (QED) is 0.545. The van der Waals surface area contributed by atoms with E-state index in [0.29, 0.717) is 22.8 Å². The summed E-state index contributed by atoms with van der Waals surface area (Å²) >= 11 is 1.28. The van der Waals surface area contributed by atoms with E-state index < -0.39 is 5.97 Å². The second kappa shape index (κ2) is 9.57. The number of hydrogen-bond donors (Lipinski definition) is 2. The minimum absolute atomic E-state index is 0.0163. The minimum atomic E-state index is -0.860. The van der Waals surface area contributed by atoms with Crippen molar-refractivity contribution in [1.29, 1.82) is 0 Å². The molecule has 0 aliphatic heterocycles. The molecule has 0 aliphatic rings. The number of amides is 1. The van der Waals surface area contributed by atoms with Gasteiger partial charge in [0.15, 0.2) is 0 Å². The molecule has 2 aromatic rings. The third-order valence-corrected chi connectivity index (χ3v) is 4.42. The molecule has 1 aromatic carbocycles. The van der Waals surface area contributed by atoms with Crippen molar-refractivity contribution in [3.05, 3.63) is 59.4 Å². The summed E-state index contributed by atoms with van der Waals surface area (Å²) in [4.78, 5) is 26.6. The molecule has 0 fully saturated rings. The Morgan fingerprint density at radius 1 is 1.23 bits per heavy atom. The molecule has 0 saturated heterocycles. The third kappa shape index (κ3) is 5.59. The highest BCUT2D eigenvalue weighted by Gasteiger charge is 2.09. The van der Waals surface area contributed by atoms with Crippen LogP contribution in [0.1, 0.15) is 28.4 Å². The summed E-state index contributed by atoms with van der Waals surface area (Å²) in [5, 5.41) is 12.9. The molecule has 8 heteroatoms. The van der Waals surface area contributed by atoms with E-state index in [4.69, 9.17) is 9.84 Å². The topological polar surface area (TPSA) is 101 Å². The van der Waals surface area contributed by atoms with Gasteiger partial charge in [-0.25, -0.2) is 5.43 Å². The molecule has 0 spiro atoms. The number of carboxylic acids is 1. The van der Waals surface area contributed by atoms with Crippen molar-refractivity contribution in [1.82, 2.24) is 10.4 Å². The van der Waals surface area contributed by atoms with E-state index >= 15 is 0 Å². The molecule has 7 nitrogen and oxygen atoms in total. The lowest BCUT2D eigenvalue weighted by Crippen LogP contribution is -2.19. The number of aromatic nitrogens is 1. The molecule has 1 amide bonds. The van der Waals surface area contributed by atoms with Crippen LogP contribution in [-0.4, -0.2) is 40.5 Å². The van der Waals surface area contributed by atoms with Gasteiger partial charge in [-0.15, -0.1) is 11.8 Å². The van der Waals surface area contributed by atoms with Crippen LogP contribution < -0.4 is 10.2 Å². The van der Waals surface area contributed by atoms with Crippen molar-refractivity contribution in [2.24, 2.45) is 5.10 Å². The van der Waals surface area contributed by atoms with Gasteiger partial charge in [0.2, 0.25) is 0 Å². The van der Waals surface area contributed by atoms with E-state index in [0.717, 1.165) is 11.1 Å². The fourth-order valence-electron chi connectivity index (χ4n) is 2.13. The molecule has 2 rings (SSSR count). The van der Waals surface area contributed by atoms with Gasteiger partial charge in [-0.2, -0.15) is 5.10 Å². The number of aliphatic carboxylic acids is 1. The van der Waals surface area contributed by atoms with Gasteiger partial charge in [-0.05, 0) is 42.8 Å². The number of hydrogen-bond acceptors (Lipinski definition) is 6. The Kier molecular flexibility index (Phi) is 7.16. The summed E-state index contributed by atoms with van der Waals surface area (Å²) in [5.41, 5.74) is 5.28. The van der Waals surface area contributed by atoms with Gasteiger partial charge >= 0.3 is 5.97 Å². The molecular formula is C18H19N3O4S. The zero-order valence-electron chi connectivity index (χ0n) is 14.4. The highest BCUT2D eigenvalue weighted by molar-refractivity contribution is 7.99. The molecule has 0 unspecified atom stereocenters. The second-order valence-corrected chi connectivity index (χ2v) is 6.27. The van der Waals surface area contributed by atoms with Crippen LogP contribution in [0.2, 0.25) is 0 Å². The highest BCUT2D eigenvalue weighted by Crippen LogP contribution is 2.25. The van der Waals surface area contributed by atoms with E-state index in [1.54, 1.807) is 32.2 Å². The predicted molar refractivity (Wildman–Crippen MR) is 101 cm³/mol. The Morgan fingerprint density at radius 2 is 1.96 bits per heavy atom. The van der Waals surface area contributed by atoms with Crippen LogP contribution in [-0.2, 0) is 10.5 Å². The van der Waals surface area contributed by atoms with Crippen molar-refractivity contribution >= 4 is 29.4 Å². The van der Waals surface area contributed by atoms with Crippen LogP contribution in [0.3, 0.4) is 0 Å². The lowest BCUT2D eigenvalue weighted by atomic mass is 10.1. The van der Waals surface area contributed by atoms with E-state index in [1.807, 2.05) is 12.1 Å². The Balaban J connectivity index is 2.10. The zero-order chi connectivity index (χ0) is 18.9. The van der Waals surface area contributed by atoms with Gasteiger partial charge in [0.05, 0.1) is 18.6 Å². The molecule has 1 heterocycles. The highest BCUT2D eigenvalue weighted by atomic mass is 32.2. The minimum Gasteiger partial charge on any atom is -0.496 e. The summed E-state index contributed by atoms with van der Waals surface area (Å²) in [7, 11) is 1.57. The number of methoxy groups -OCH3 is 1. The molecule has 0 aliphatic carbocycles. The van der Waals surface area contributed by atoms with E-state index in [-0.39, 0.29) is 11.7 Å². The van der Waals surface area contributed by atoms with Crippen LogP contribution in [0, 0.1) is 0 Å². The molecule has 0 atom stereocenters. The number of rotatable bonds is 8. The monoisotopic (exact) mass is 373 g/mol. The number of nitrogens with zero attached hydrogens (tertiary/aromatic N) is 2. The molecule has 26 heavy (non-hydrogen) atoms. The largest absolute Gasteiger partial charge is 0.496 e. The summed E-state index contributed by atoms with van der Waals surface area (Å²) in [6, 6.07) is 8.72. The first-order valence-corrected chi connectivity index (χ1v) is 8.88. The predicted octanol–water partition coefficient (Wildman–Crippen LogP) is 2.56. The number of carbonyl (C=O) groups excluding carboxylic acids is 1. The molecular weight excluding hydrogens is 354 g/mol. The lowest BCUT2D eigenvalue weighted by Gasteiger charge is -2.10. The smallest absolute Gasteiger partial charge is 0.313 e. The number of carboxylic acid groups (broad SMARTS) is 1. The van der Waals surface area contributed by atoms with Crippen LogP contribution in [0.15, 0.2) is 47.8 Å². The second-order valence-electron chi connectivity index (χ2n) is 5.29. The Labute approximate surface area is 155 Å². The van der Waals surface area contributed by atoms with Gasteiger partial charge in [-0.3, -0.25) is 14.6 Å². The number of thioether (sulfide) groups is 1. The van der Waals surface area contributed by atoms with Crippen molar-refractivity contribution < 1.29 is 19.4 Å². The summed E-state index contributed by atoms with van der Waals surface area (Å²) in [5.74, 6) is 0.0158. The maximum atomic E-state index is 12.0. The first kappa shape index (κ1) is 19.5. The fourth-order valence-corrected chi connectivity index (χ4v) is 2.85. The molecule has 0 bridgehead atoms. The Hall–Kier alpha value is -2.87. The molecule has 136 valence electrons. The average molecular weight is 373 g/mol. The normalized spacial score (nSPS) is 11.1. The van der Waals surface area contributed by atoms with Crippen molar-refractivity contribution in [2.45, 2.75) is 12.7 Å². The lowest BCUT2D eigenvalue weighted by molar-refractivity contribution is -0.133. The van der Waals surface area contributed by atoms with Crippen molar-refractivity contribution in [3.8, 4) is 5.75 Å². The first-order chi connectivity index (χ1) is 12.5. The molecule has 0 saturated carbocycles. The van der Waals surface area contributed by atoms with Gasteiger partial charge in [-0.1, -0.05) is 0 Å². The molecule has 0 radical (unpaired) electrons. The summed E-state index contributed by atoms with van der Waals surface area (Å²) in [6.45, 7) is 1.78. The van der Waals surface area contributed by atoms with Crippen LogP contribution in [0.4, 0.5) is 0 Å². The maximum absolute atomic E-state index is 12.0. The number of hydrazone groups is 1. The van der Waals surface area contributed by atoms with Crippen LogP contribution in [0.25, 0.3) is 0 Å². The third-order valence-electron chi connectivity index (χ3n) is 3.45. The van der Waals surface area contributed by atoms with Crippen LogP contribution >= 0.6 is 11.8 Å². The number of ether oxygens (including phenoxy) is 1. The average Bonchev–Trinajstić information content (AvgIpc) is 2.66. The van der Waals surface area contributed by atoms with E-state index in [9.17, 15) is 9.59 Å². The number of carbonyl (C=O) groups is 2. The van der Waals surface area contributed by atoms with E-state index in [2.05, 4.69) is 15.5 Å². The van der Waals surface area contributed by atoms with Gasteiger partial charge < -0.3 is 9.84 Å². The summed E-state index contributed by atoms with van der Waals surface area (Å²) in [6.07, 6.45) is 3.08. The van der Waals surface area contributed by atoms with Crippen molar-refractivity contribution in [2.75, 3.05) is 12.9 Å². The van der Waals surface area contributed by atoms with Crippen LogP contribution in [0.5, 0.6) is 5.75 Å². The number of benzene rings is 1. The molecule has 2 N–H and O–H groups in total. The van der Waals surface area contributed by atoms with Gasteiger partial charge in [0, 0.05) is 29.3 Å². The van der Waals surface area contributed by atoms with Gasteiger partial charge in [0.1, 0.15) is 5.75 Å². The SMILES string of the molecule is COc1ccc(/C(C)=N\NC(=O)c2ccncc2)cc1CSCC(=O)O. The number of pyridine rings is 1. The summed E-state index contributed by atoms with van der Waals surface area (Å²) < 4.78 is 5.32. The Morgan fingerprint density at radius 3 is 2.62 bits per heavy atom. The zero-order valence-corrected chi connectivity index (χ0v) is 15.2.